The number of aliphatic hydroxyl groups excluding tert-OH is 1. The lowest BCUT2D eigenvalue weighted by molar-refractivity contribution is 0.0935. The SMILES string of the molecule is Cc1ccc(OCC2CC2)c(-c2ncnc3c(C(=O)N[C@@H]4CC[C@H](O)C4)c(C)[nH]c23)c1F. The normalized spacial score (nSPS) is 20.6. The number of aromatic nitrogens is 3. The molecule has 8 heteroatoms. The van der Waals surface area contributed by atoms with Crippen LogP contribution >= 0.6 is 0 Å². The van der Waals surface area contributed by atoms with Crippen LogP contribution in [0.2, 0.25) is 0 Å². The number of aliphatic hydroxyl groups is 1. The number of rotatable bonds is 6. The molecule has 1 aromatic carbocycles. The van der Waals surface area contributed by atoms with Crippen LogP contribution < -0.4 is 10.1 Å². The Hall–Kier alpha value is -3.00. The lowest BCUT2D eigenvalue weighted by atomic mass is 10.0. The number of nitrogens with zero attached hydrogens (tertiary/aromatic N) is 2. The molecular formula is C24H27FN4O3. The Morgan fingerprint density at radius 3 is 2.78 bits per heavy atom. The number of aryl methyl sites for hydroxylation is 2. The summed E-state index contributed by atoms with van der Waals surface area (Å²) in [5.74, 6) is 0.317. The molecule has 2 atom stereocenters. The fourth-order valence-electron chi connectivity index (χ4n) is 4.43. The van der Waals surface area contributed by atoms with E-state index in [0.29, 0.717) is 64.7 Å². The molecule has 3 N–H and O–H groups in total. The largest absolute Gasteiger partial charge is 0.492 e. The van der Waals surface area contributed by atoms with Gasteiger partial charge in [0.05, 0.1) is 29.4 Å². The first-order chi connectivity index (χ1) is 15.4. The summed E-state index contributed by atoms with van der Waals surface area (Å²) in [6.07, 6.45) is 5.21. The Balaban J connectivity index is 1.56. The molecule has 2 aromatic heterocycles. The number of ether oxygens (including phenoxy) is 1. The van der Waals surface area contributed by atoms with E-state index >= 15 is 4.39 Å². The number of H-pyrrole nitrogens is 1. The van der Waals surface area contributed by atoms with Gasteiger partial charge in [0.15, 0.2) is 0 Å². The van der Waals surface area contributed by atoms with E-state index in [1.54, 1.807) is 26.0 Å². The van der Waals surface area contributed by atoms with Crippen molar-refractivity contribution in [1.29, 1.82) is 0 Å². The molecule has 168 valence electrons. The Kier molecular flexibility index (Phi) is 5.33. The van der Waals surface area contributed by atoms with Crippen LogP contribution in [-0.4, -0.2) is 44.7 Å². The van der Waals surface area contributed by atoms with Gasteiger partial charge in [-0.25, -0.2) is 14.4 Å². The minimum Gasteiger partial charge on any atom is -0.492 e. The lowest BCUT2D eigenvalue weighted by Crippen LogP contribution is -2.33. The number of amides is 1. The van der Waals surface area contributed by atoms with Gasteiger partial charge in [-0.3, -0.25) is 4.79 Å². The zero-order valence-electron chi connectivity index (χ0n) is 18.2. The number of carbonyl (C=O) groups excluding carboxylic acids is 1. The number of nitrogens with one attached hydrogen (secondary N) is 2. The summed E-state index contributed by atoms with van der Waals surface area (Å²) in [7, 11) is 0. The molecule has 2 aliphatic rings. The molecule has 7 nitrogen and oxygen atoms in total. The number of carbonyl (C=O) groups is 1. The molecule has 2 saturated carbocycles. The van der Waals surface area contributed by atoms with E-state index in [0.717, 1.165) is 19.3 Å². The van der Waals surface area contributed by atoms with E-state index in [-0.39, 0.29) is 23.6 Å². The Labute approximate surface area is 185 Å². The highest BCUT2D eigenvalue weighted by atomic mass is 19.1. The highest BCUT2D eigenvalue weighted by Crippen LogP contribution is 2.39. The summed E-state index contributed by atoms with van der Waals surface area (Å²) in [6.45, 7) is 4.05. The third-order valence-electron chi connectivity index (χ3n) is 6.44. The average molecular weight is 439 g/mol. The molecule has 0 bridgehead atoms. The molecule has 1 amide bonds. The van der Waals surface area contributed by atoms with E-state index in [9.17, 15) is 9.90 Å². The van der Waals surface area contributed by atoms with Crippen molar-refractivity contribution >= 4 is 16.9 Å². The first-order valence-corrected chi connectivity index (χ1v) is 11.2. The van der Waals surface area contributed by atoms with E-state index < -0.39 is 5.82 Å². The average Bonchev–Trinajstić information content (AvgIpc) is 3.40. The van der Waals surface area contributed by atoms with Crippen molar-refractivity contribution in [3.8, 4) is 17.0 Å². The molecule has 0 aliphatic heterocycles. The predicted octanol–water partition coefficient (Wildman–Crippen LogP) is 3.81. The summed E-state index contributed by atoms with van der Waals surface area (Å²) < 4.78 is 21.3. The maximum Gasteiger partial charge on any atom is 0.255 e. The molecule has 0 spiro atoms. The Bertz CT molecular complexity index is 1190. The van der Waals surface area contributed by atoms with E-state index in [1.165, 1.54) is 6.33 Å². The van der Waals surface area contributed by atoms with E-state index in [2.05, 4.69) is 20.3 Å². The summed E-state index contributed by atoms with van der Waals surface area (Å²) in [6, 6.07) is 3.41. The Morgan fingerprint density at radius 2 is 2.06 bits per heavy atom. The first-order valence-electron chi connectivity index (χ1n) is 11.2. The van der Waals surface area contributed by atoms with E-state index in [1.807, 2.05) is 0 Å². The van der Waals surface area contributed by atoms with Crippen LogP contribution in [0.15, 0.2) is 18.5 Å². The van der Waals surface area contributed by atoms with Crippen LogP contribution in [0.3, 0.4) is 0 Å². The van der Waals surface area contributed by atoms with Gasteiger partial charge in [0, 0.05) is 11.7 Å². The first kappa shape index (κ1) is 20.9. The fraction of sp³-hybridized carbons (Fsp3) is 0.458. The van der Waals surface area contributed by atoms with Crippen molar-refractivity contribution in [3.05, 3.63) is 41.1 Å². The van der Waals surface area contributed by atoms with E-state index in [4.69, 9.17) is 4.74 Å². The summed E-state index contributed by atoms with van der Waals surface area (Å²) >= 11 is 0. The topological polar surface area (TPSA) is 100 Å². The van der Waals surface area contributed by atoms with Crippen LogP contribution in [0.25, 0.3) is 22.3 Å². The van der Waals surface area contributed by atoms with Gasteiger partial charge in [-0.15, -0.1) is 0 Å². The van der Waals surface area contributed by atoms with Crippen molar-refractivity contribution in [2.45, 2.75) is 58.1 Å². The summed E-state index contributed by atoms with van der Waals surface area (Å²) in [5, 5.41) is 12.8. The standard InChI is InChI=1S/C24H27FN4O3/c1-12-3-8-17(32-10-14-4-5-14)19(20(12)25)22-23-21(26-11-27-22)18(13(2)28-23)24(31)29-15-6-7-16(30)9-15/h3,8,11,14-16,28,30H,4-7,9-10H2,1-2H3,(H,29,31)/t15-,16+/m1/s1. The zero-order chi connectivity index (χ0) is 22.4. The highest BCUT2D eigenvalue weighted by Gasteiger charge is 2.29. The van der Waals surface area contributed by atoms with Gasteiger partial charge >= 0.3 is 0 Å². The number of hydrogen-bond acceptors (Lipinski definition) is 5. The number of fused-ring (bicyclic) bond motifs is 1. The molecule has 0 unspecified atom stereocenters. The number of benzene rings is 1. The fourth-order valence-corrected chi connectivity index (χ4v) is 4.43. The third kappa shape index (κ3) is 3.83. The number of halogens is 1. The van der Waals surface area contributed by atoms with Crippen molar-refractivity contribution in [1.82, 2.24) is 20.3 Å². The molecule has 0 saturated heterocycles. The molecule has 32 heavy (non-hydrogen) atoms. The zero-order valence-corrected chi connectivity index (χ0v) is 18.2. The van der Waals surface area contributed by atoms with Crippen LogP contribution in [0, 0.1) is 25.6 Å². The minimum absolute atomic E-state index is 0.0696. The second-order valence-corrected chi connectivity index (χ2v) is 9.03. The summed E-state index contributed by atoms with van der Waals surface area (Å²) in [5.41, 5.74) is 3.14. The monoisotopic (exact) mass is 438 g/mol. The van der Waals surface area contributed by atoms with Gasteiger partial charge < -0.3 is 20.1 Å². The molecule has 5 rings (SSSR count). The van der Waals surface area contributed by atoms with Gasteiger partial charge in [0.1, 0.15) is 29.1 Å². The van der Waals surface area contributed by atoms with Crippen LogP contribution in [0.4, 0.5) is 4.39 Å². The molecule has 3 aromatic rings. The van der Waals surface area contributed by atoms with Gasteiger partial charge in [-0.05, 0) is 63.5 Å². The van der Waals surface area contributed by atoms with Crippen LogP contribution in [0.5, 0.6) is 5.75 Å². The Morgan fingerprint density at radius 1 is 1.25 bits per heavy atom. The minimum atomic E-state index is -0.392. The van der Waals surface area contributed by atoms with Crippen molar-refractivity contribution < 1.29 is 19.0 Å². The number of aromatic amines is 1. The maximum atomic E-state index is 15.3. The van der Waals surface area contributed by atoms with Crippen LogP contribution in [-0.2, 0) is 0 Å². The smallest absolute Gasteiger partial charge is 0.255 e. The van der Waals surface area contributed by atoms with Gasteiger partial charge in [-0.2, -0.15) is 0 Å². The molecule has 0 radical (unpaired) electrons. The predicted molar refractivity (Wildman–Crippen MR) is 118 cm³/mol. The maximum absolute atomic E-state index is 15.3. The van der Waals surface area contributed by atoms with Gasteiger partial charge in [0.25, 0.3) is 5.91 Å². The molecule has 2 aliphatic carbocycles. The van der Waals surface area contributed by atoms with Crippen molar-refractivity contribution in [3.63, 3.8) is 0 Å². The summed E-state index contributed by atoms with van der Waals surface area (Å²) in [4.78, 5) is 25.0. The molecular weight excluding hydrogens is 411 g/mol. The van der Waals surface area contributed by atoms with Gasteiger partial charge in [0.2, 0.25) is 0 Å². The van der Waals surface area contributed by atoms with Crippen LogP contribution in [0.1, 0.15) is 53.7 Å². The molecule has 2 heterocycles. The number of hydrogen-bond donors (Lipinski definition) is 3. The second kappa shape index (κ2) is 8.16. The molecule has 2 fully saturated rings. The quantitative estimate of drug-likeness (QED) is 0.543. The second-order valence-electron chi connectivity index (χ2n) is 9.03. The van der Waals surface area contributed by atoms with Gasteiger partial charge in [-0.1, -0.05) is 6.07 Å². The highest BCUT2D eigenvalue weighted by molar-refractivity contribution is 6.09. The van der Waals surface area contributed by atoms with Crippen molar-refractivity contribution in [2.24, 2.45) is 5.92 Å². The lowest BCUT2D eigenvalue weighted by Gasteiger charge is -2.14. The van der Waals surface area contributed by atoms with Crippen molar-refractivity contribution in [2.75, 3.05) is 6.61 Å². The third-order valence-corrected chi connectivity index (χ3v) is 6.44.